The summed E-state index contributed by atoms with van der Waals surface area (Å²) < 4.78 is 36.1. The van der Waals surface area contributed by atoms with Crippen LogP contribution < -0.4 is 0 Å². The Bertz CT molecular complexity index is 301. The predicted molar refractivity (Wildman–Crippen MR) is 43.0 cm³/mol. The maximum atomic E-state index is 12.0. The summed E-state index contributed by atoms with van der Waals surface area (Å²) in [5.74, 6) is -6.45. The van der Waals surface area contributed by atoms with E-state index in [0.29, 0.717) is 0 Å². The molecule has 0 amide bonds. The van der Waals surface area contributed by atoms with Crippen LogP contribution in [0.3, 0.4) is 0 Å². The fourth-order valence-electron chi connectivity index (χ4n) is 1.63. The van der Waals surface area contributed by atoms with E-state index in [1.807, 2.05) is 0 Å². The Labute approximate surface area is 83.6 Å². The van der Waals surface area contributed by atoms with Crippen molar-refractivity contribution in [3.8, 4) is 0 Å². The molecular weight excluding hydrogens is 213 g/mol. The van der Waals surface area contributed by atoms with Gasteiger partial charge in [-0.1, -0.05) is 6.92 Å². The van der Waals surface area contributed by atoms with Crippen LogP contribution in [0.5, 0.6) is 0 Å². The number of carbonyl (C=O) groups excluding carboxylic acids is 3. The molecule has 1 aliphatic carbocycles. The summed E-state index contributed by atoms with van der Waals surface area (Å²) in [7, 11) is 0. The highest BCUT2D eigenvalue weighted by molar-refractivity contribution is 6.21. The lowest BCUT2D eigenvalue weighted by Gasteiger charge is -2.23. The lowest BCUT2D eigenvalue weighted by molar-refractivity contribution is -0.178. The standard InChI is InChI=1S/C9H9F3O3/c1-4-2-5(13)7(6(14)3-4)8(15)9(10,11)12/h4,7H,2-3H2,1H3. The van der Waals surface area contributed by atoms with Crippen LogP contribution in [0, 0.1) is 11.8 Å². The quantitative estimate of drug-likeness (QED) is 0.628. The second kappa shape index (κ2) is 3.75. The van der Waals surface area contributed by atoms with E-state index in [1.165, 1.54) is 0 Å². The summed E-state index contributed by atoms with van der Waals surface area (Å²) in [6.07, 6.45) is -5.40. The van der Waals surface area contributed by atoms with Crippen molar-refractivity contribution < 1.29 is 27.6 Å². The molecule has 0 saturated heterocycles. The minimum Gasteiger partial charge on any atom is -0.298 e. The summed E-state index contributed by atoms with van der Waals surface area (Å²) in [4.78, 5) is 33.1. The van der Waals surface area contributed by atoms with Crippen molar-refractivity contribution in [2.75, 3.05) is 0 Å². The molecule has 0 aromatic rings. The van der Waals surface area contributed by atoms with Crippen LogP contribution in [0.2, 0.25) is 0 Å². The van der Waals surface area contributed by atoms with Gasteiger partial charge in [-0.25, -0.2) is 0 Å². The molecule has 0 aliphatic heterocycles. The third-order valence-corrected chi connectivity index (χ3v) is 2.28. The molecule has 0 aromatic heterocycles. The van der Waals surface area contributed by atoms with Gasteiger partial charge in [0, 0.05) is 12.8 Å². The van der Waals surface area contributed by atoms with E-state index in [4.69, 9.17) is 0 Å². The number of rotatable bonds is 1. The fourth-order valence-corrected chi connectivity index (χ4v) is 1.63. The predicted octanol–water partition coefficient (Wildman–Crippen LogP) is 1.30. The molecule has 0 bridgehead atoms. The van der Waals surface area contributed by atoms with Crippen molar-refractivity contribution in [1.82, 2.24) is 0 Å². The molecule has 0 unspecified atom stereocenters. The van der Waals surface area contributed by atoms with Gasteiger partial charge >= 0.3 is 6.18 Å². The monoisotopic (exact) mass is 222 g/mol. The van der Waals surface area contributed by atoms with Gasteiger partial charge in [-0.2, -0.15) is 13.2 Å². The molecule has 0 atom stereocenters. The highest BCUT2D eigenvalue weighted by Crippen LogP contribution is 2.29. The Kier molecular flexibility index (Phi) is 2.97. The van der Waals surface area contributed by atoms with Crippen LogP contribution in [0.15, 0.2) is 0 Å². The summed E-state index contributed by atoms with van der Waals surface area (Å²) in [6.45, 7) is 1.59. The largest absolute Gasteiger partial charge is 0.451 e. The SMILES string of the molecule is CC1CC(=O)C(C(=O)C(F)(F)F)C(=O)C1. The van der Waals surface area contributed by atoms with Crippen molar-refractivity contribution in [3.05, 3.63) is 0 Å². The fraction of sp³-hybridized carbons (Fsp3) is 0.667. The summed E-state index contributed by atoms with van der Waals surface area (Å²) in [5, 5.41) is 0. The Morgan fingerprint density at radius 3 is 1.93 bits per heavy atom. The molecule has 6 heteroatoms. The number of halogens is 3. The lowest BCUT2D eigenvalue weighted by atomic mass is 9.78. The van der Waals surface area contributed by atoms with E-state index in [1.54, 1.807) is 6.92 Å². The van der Waals surface area contributed by atoms with Crippen molar-refractivity contribution >= 4 is 17.3 Å². The van der Waals surface area contributed by atoms with Crippen LogP contribution in [0.25, 0.3) is 0 Å². The van der Waals surface area contributed by atoms with Gasteiger partial charge < -0.3 is 0 Å². The first kappa shape index (κ1) is 11.9. The number of alkyl halides is 3. The van der Waals surface area contributed by atoms with E-state index in [-0.39, 0.29) is 18.8 Å². The number of hydrogen-bond donors (Lipinski definition) is 0. The van der Waals surface area contributed by atoms with E-state index in [2.05, 4.69) is 0 Å². The molecular formula is C9H9F3O3. The zero-order chi connectivity index (χ0) is 11.8. The molecule has 1 aliphatic rings. The van der Waals surface area contributed by atoms with Crippen molar-refractivity contribution in [3.63, 3.8) is 0 Å². The summed E-state index contributed by atoms with van der Waals surface area (Å²) in [5.41, 5.74) is 0. The molecule has 0 aromatic carbocycles. The zero-order valence-electron chi connectivity index (χ0n) is 7.93. The maximum Gasteiger partial charge on any atom is 0.451 e. The summed E-state index contributed by atoms with van der Waals surface area (Å²) in [6, 6.07) is 0. The summed E-state index contributed by atoms with van der Waals surface area (Å²) >= 11 is 0. The number of Topliss-reactive ketones (excluding diaryl/α,β-unsaturated/α-hetero) is 3. The first-order chi connectivity index (χ1) is 6.73. The molecule has 15 heavy (non-hydrogen) atoms. The minimum absolute atomic E-state index is 0.141. The molecule has 84 valence electrons. The zero-order valence-corrected chi connectivity index (χ0v) is 7.93. The van der Waals surface area contributed by atoms with Crippen LogP contribution in [0.1, 0.15) is 19.8 Å². The second-order valence-electron chi connectivity index (χ2n) is 3.74. The Hall–Kier alpha value is -1.20. The maximum absolute atomic E-state index is 12.0. The Balaban J connectivity index is 2.91. The van der Waals surface area contributed by atoms with Crippen LogP contribution in [-0.4, -0.2) is 23.5 Å². The molecule has 0 heterocycles. The van der Waals surface area contributed by atoms with E-state index < -0.39 is 29.4 Å². The molecule has 1 saturated carbocycles. The van der Waals surface area contributed by atoms with Crippen molar-refractivity contribution in [2.24, 2.45) is 11.8 Å². The number of hydrogen-bond acceptors (Lipinski definition) is 3. The van der Waals surface area contributed by atoms with Crippen LogP contribution in [-0.2, 0) is 14.4 Å². The van der Waals surface area contributed by atoms with Crippen molar-refractivity contribution in [1.29, 1.82) is 0 Å². The van der Waals surface area contributed by atoms with Crippen LogP contribution in [0.4, 0.5) is 13.2 Å². The van der Waals surface area contributed by atoms with Gasteiger partial charge in [0.1, 0.15) is 5.92 Å². The third-order valence-electron chi connectivity index (χ3n) is 2.28. The molecule has 3 nitrogen and oxygen atoms in total. The van der Waals surface area contributed by atoms with Gasteiger partial charge in [-0.3, -0.25) is 14.4 Å². The topological polar surface area (TPSA) is 51.2 Å². The van der Waals surface area contributed by atoms with Gasteiger partial charge in [0.25, 0.3) is 5.78 Å². The Morgan fingerprint density at radius 1 is 1.20 bits per heavy atom. The molecule has 1 fully saturated rings. The second-order valence-corrected chi connectivity index (χ2v) is 3.74. The van der Waals surface area contributed by atoms with E-state index >= 15 is 0 Å². The average molecular weight is 222 g/mol. The molecule has 0 N–H and O–H groups in total. The van der Waals surface area contributed by atoms with E-state index in [0.717, 1.165) is 0 Å². The highest BCUT2D eigenvalue weighted by atomic mass is 19.4. The first-order valence-corrected chi connectivity index (χ1v) is 4.40. The average Bonchev–Trinajstić information content (AvgIpc) is 1.99. The number of carbonyl (C=O) groups is 3. The van der Waals surface area contributed by atoms with Crippen LogP contribution >= 0.6 is 0 Å². The van der Waals surface area contributed by atoms with Gasteiger partial charge in [0.2, 0.25) is 0 Å². The van der Waals surface area contributed by atoms with Gasteiger partial charge in [-0.05, 0) is 5.92 Å². The smallest absolute Gasteiger partial charge is 0.298 e. The van der Waals surface area contributed by atoms with Gasteiger partial charge in [0.05, 0.1) is 0 Å². The normalized spacial score (nSPS) is 28.0. The minimum atomic E-state index is -5.11. The number of ketones is 3. The van der Waals surface area contributed by atoms with Gasteiger partial charge in [-0.15, -0.1) is 0 Å². The first-order valence-electron chi connectivity index (χ1n) is 4.40. The Morgan fingerprint density at radius 2 is 1.60 bits per heavy atom. The molecule has 1 rings (SSSR count). The van der Waals surface area contributed by atoms with Gasteiger partial charge in [0.15, 0.2) is 11.6 Å². The molecule has 0 radical (unpaired) electrons. The lowest BCUT2D eigenvalue weighted by Crippen LogP contribution is -2.43. The third kappa shape index (κ3) is 2.43. The highest BCUT2D eigenvalue weighted by Gasteiger charge is 2.50. The van der Waals surface area contributed by atoms with E-state index in [9.17, 15) is 27.6 Å². The molecule has 0 spiro atoms. The van der Waals surface area contributed by atoms with Crippen molar-refractivity contribution in [2.45, 2.75) is 25.9 Å².